The van der Waals surface area contributed by atoms with Crippen LogP contribution in [0.5, 0.6) is 0 Å². The Morgan fingerprint density at radius 3 is 1.62 bits per heavy atom. The minimum Gasteiger partial charge on any atom is -0.339 e. The normalized spacial score (nSPS) is 15.9. The van der Waals surface area contributed by atoms with Crippen molar-refractivity contribution in [1.82, 2.24) is 29.7 Å². The van der Waals surface area contributed by atoms with Gasteiger partial charge in [-0.15, -0.1) is 0 Å². The maximum atomic E-state index is 12.5. The topological polar surface area (TPSA) is 111 Å². The summed E-state index contributed by atoms with van der Waals surface area (Å²) in [6.45, 7) is 16.6. The summed E-state index contributed by atoms with van der Waals surface area (Å²) >= 11 is 6.98. The van der Waals surface area contributed by atoms with E-state index in [1.54, 1.807) is 36.3 Å². The number of anilines is 2. The summed E-state index contributed by atoms with van der Waals surface area (Å²) in [5.41, 5.74) is 11.2. The Labute approximate surface area is 448 Å². The van der Waals surface area contributed by atoms with Crippen molar-refractivity contribution in [3.63, 3.8) is 0 Å². The Hall–Kier alpha value is -5.68. The standard InChI is InChI=1S/C25H26N4S.C23H21NO2S2.C10H15BrN4/c1-18(22-16-26-25(27-17-22)29-11-5-10-28(2)12-13-29)19-8-9-24-21(14-19)15-20-6-3-4-7-23(20)30-24;1-16-7-10-21(11-8-16)28(25,26)15-24-17(2)18-9-12-23-20(13-18)14-19-5-3-4-6-22(19)27-23;1-14-3-2-4-15(6-5-14)10-12-7-9(11)8-13-10/h3-4,6-9,14,16-17H,1,5,10-13,15H2,2H3;3-13H,14-15H2,1-2H3;7-8H,2-6H2,1H3. The minimum atomic E-state index is -3.43. The van der Waals surface area contributed by atoms with Gasteiger partial charge in [-0.25, -0.2) is 28.4 Å². The third-order valence-corrected chi connectivity index (χ3v) is 17.8. The lowest BCUT2D eigenvalue weighted by Gasteiger charge is -2.21. The van der Waals surface area contributed by atoms with Gasteiger partial charge in [0.05, 0.1) is 9.37 Å². The molecule has 6 heterocycles. The summed E-state index contributed by atoms with van der Waals surface area (Å²) in [7, 11) is 0.903. The first-order chi connectivity index (χ1) is 35.3. The number of sulfone groups is 1. The van der Waals surface area contributed by atoms with E-state index in [0.717, 1.165) is 122 Å². The lowest BCUT2D eigenvalue weighted by atomic mass is 9.97. The van der Waals surface area contributed by atoms with Gasteiger partial charge in [0.2, 0.25) is 11.9 Å². The first kappa shape index (κ1) is 52.2. The van der Waals surface area contributed by atoms with Gasteiger partial charge in [-0.3, -0.25) is 4.99 Å². The number of nitrogens with zero attached hydrogens (tertiary/aromatic N) is 9. The average molecular weight is 1090 g/mol. The molecule has 0 saturated carbocycles. The van der Waals surface area contributed by atoms with Gasteiger partial charge in [-0.05, 0) is 170 Å². The van der Waals surface area contributed by atoms with Crippen LogP contribution in [0.3, 0.4) is 0 Å². The molecule has 0 spiro atoms. The second-order valence-electron chi connectivity index (χ2n) is 19.0. The Kier molecular flexibility index (Phi) is 17.2. The van der Waals surface area contributed by atoms with E-state index in [1.807, 2.05) is 56.2 Å². The van der Waals surface area contributed by atoms with Crippen LogP contribution < -0.4 is 9.80 Å². The van der Waals surface area contributed by atoms with Crippen LogP contribution in [0, 0.1) is 6.92 Å². The molecule has 0 bridgehead atoms. The number of benzene rings is 5. The number of hydrogen-bond acceptors (Lipinski definition) is 13. The van der Waals surface area contributed by atoms with Crippen LogP contribution in [0.4, 0.5) is 11.9 Å². The predicted octanol–water partition coefficient (Wildman–Crippen LogP) is 11.4. The molecule has 0 N–H and O–H groups in total. The van der Waals surface area contributed by atoms with Crippen LogP contribution in [0.2, 0.25) is 0 Å². The molecule has 4 aliphatic rings. The van der Waals surface area contributed by atoms with Gasteiger partial charge in [-0.2, -0.15) is 0 Å². The van der Waals surface area contributed by atoms with Crippen LogP contribution in [-0.4, -0.2) is 116 Å². The molecule has 7 aromatic rings. The van der Waals surface area contributed by atoms with Crippen molar-refractivity contribution < 1.29 is 8.42 Å². The summed E-state index contributed by atoms with van der Waals surface area (Å²) in [6.07, 6.45) is 11.6. The molecule has 0 unspecified atom stereocenters. The molecular weight excluding hydrogens is 1030 g/mol. The van der Waals surface area contributed by atoms with E-state index in [1.165, 1.54) is 48.3 Å². The molecule has 73 heavy (non-hydrogen) atoms. The Bertz CT molecular complexity index is 3190. The van der Waals surface area contributed by atoms with Crippen molar-refractivity contribution in [3.05, 3.63) is 190 Å². The first-order valence-corrected chi connectivity index (χ1v) is 28.9. The molecule has 2 saturated heterocycles. The molecule has 2 fully saturated rings. The van der Waals surface area contributed by atoms with Gasteiger partial charge in [-0.1, -0.05) is 96.3 Å². The van der Waals surface area contributed by atoms with E-state index in [2.05, 4.69) is 160 Å². The molecule has 0 aliphatic carbocycles. The maximum absolute atomic E-state index is 12.5. The Morgan fingerprint density at radius 1 is 0.589 bits per heavy atom. The largest absolute Gasteiger partial charge is 0.339 e. The average Bonchev–Trinajstić information content (AvgIpc) is 3.78. The summed E-state index contributed by atoms with van der Waals surface area (Å²) in [5.74, 6) is 1.42. The molecular formula is C58H62BrN9O2S3. The lowest BCUT2D eigenvalue weighted by Crippen LogP contribution is -2.30. The van der Waals surface area contributed by atoms with E-state index in [0.29, 0.717) is 4.90 Å². The van der Waals surface area contributed by atoms with Gasteiger partial charge in [0.25, 0.3) is 0 Å². The van der Waals surface area contributed by atoms with Crippen LogP contribution >= 0.6 is 39.5 Å². The van der Waals surface area contributed by atoms with E-state index in [4.69, 9.17) is 0 Å². The summed E-state index contributed by atoms with van der Waals surface area (Å²) in [4.78, 5) is 37.1. The number of likely N-dealkylation sites (N-methyl/N-ethyl adjacent to an activating group) is 2. The number of hydrogen-bond donors (Lipinski definition) is 0. The van der Waals surface area contributed by atoms with Crippen molar-refractivity contribution in [2.75, 3.05) is 82.1 Å². The molecule has 5 aromatic carbocycles. The maximum Gasteiger partial charge on any atom is 0.225 e. The second-order valence-corrected chi connectivity index (χ2v) is 24.0. The molecule has 376 valence electrons. The number of aryl methyl sites for hydroxylation is 1. The zero-order valence-electron chi connectivity index (χ0n) is 42.0. The van der Waals surface area contributed by atoms with Gasteiger partial charge < -0.3 is 19.6 Å². The number of aliphatic imine (C=N–C) groups is 1. The van der Waals surface area contributed by atoms with E-state index in [9.17, 15) is 8.42 Å². The van der Waals surface area contributed by atoms with Gasteiger partial charge >= 0.3 is 0 Å². The van der Waals surface area contributed by atoms with Gasteiger partial charge in [0.1, 0.15) is 5.88 Å². The third-order valence-electron chi connectivity index (χ3n) is 13.5. The zero-order chi connectivity index (χ0) is 50.9. The smallest absolute Gasteiger partial charge is 0.225 e. The van der Waals surface area contributed by atoms with Crippen LogP contribution in [0.15, 0.2) is 175 Å². The fourth-order valence-electron chi connectivity index (χ4n) is 9.06. The highest BCUT2D eigenvalue weighted by molar-refractivity contribution is 9.10. The molecule has 15 heteroatoms. The summed E-state index contributed by atoms with van der Waals surface area (Å²) < 4.78 is 26.0. The Morgan fingerprint density at radius 2 is 1.07 bits per heavy atom. The van der Waals surface area contributed by atoms with Crippen LogP contribution in [0.1, 0.15) is 64.3 Å². The van der Waals surface area contributed by atoms with E-state index in [-0.39, 0.29) is 5.88 Å². The SMILES string of the molecule is C=C(c1cnc(N2CCCN(C)CC2)nc1)c1ccc2c(c1)Cc1ccccc1S2.CC(=NCS(=O)(=O)c1ccc(C)cc1)c1ccc2c(c1)Cc1ccccc1S2.CN1CCCN(c2ncc(Br)cn2)CC1. The Balaban J connectivity index is 0.000000142. The fraction of sp³-hybridized carbons (Fsp3) is 0.293. The fourth-order valence-corrected chi connectivity index (χ4v) is 12.4. The highest BCUT2D eigenvalue weighted by atomic mass is 79.9. The molecule has 11 nitrogen and oxygen atoms in total. The number of aromatic nitrogens is 4. The minimum absolute atomic E-state index is 0.240. The molecule has 0 radical (unpaired) electrons. The molecule has 11 rings (SSSR count). The molecule has 4 aliphatic heterocycles. The van der Waals surface area contributed by atoms with Crippen molar-refractivity contribution in [2.45, 2.75) is 64.0 Å². The van der Waals surface area contributed by atoms with Crippen LogP contribution in [0.25, 0.3) is 5.57 Å². The molecule has 0 amide bonds. The quantitative estimate of drug-likeness (QED) is 0.135. The van der Waals surface area contributed by atoms with Crippen LogP contribution in [-0.2, 0) is 22.7 Å². The van der Waals surface area contributed by atoms with Crippen molar-refractivity contribution in [3.8, 4) is 0 Å². The lowest BCUT2D eigenvalue weighted by molar-refractivity contribution is 0.360. The highest BCUT2D eigenvalue weighted by Crippen LogP contribution is 2.41. The molecule has 0 atom stereocenters. The summed E-state index contributed by atoms with van der Waals surface area (Å²) in [5, 5.41) is 0. The number of rotatable bonds is 8. The van der Waals surface area contributed by atoms with E-state index < -0.39 is 9.84 Å². The zero-order valence-corrected chi connectivity index (χ0v) is 46.1. The highest BCUT2D eigenvalue weighted by Gasteiger charge is 2.21. The predicted molar refractivity (Wildman–Crippen MR) is 304 cm³/mol. The van der Waals surface area contributed by atoms with Crippen molar-refractivity contribution >= 4 is 72.5 Å². The number of fused-ring (bicyclic) bond motifs is 4. The monoisotopic (exact) mass is 1090 g/mol. The van der Waals surface area contributed by atoms with Crippen molar-refractivity contribution in [2.24, 2.45) is 4.99 Å². The second kappa shape index (κ2) is 24.1. The van der Waals surface area contributed by atoms with E-state index >= 15 is 0 Å². The van der Waals surface area contributed by atoms with Crippen molar-refractivity contribution in [1.29, 1.82) is 0 Å². The van der Waals surface area contributed by atoms with Gasteiger partial charge in [0.15, 0.2) is 9.84 Å². The third kappa shape index (κ3) is 13.5. The summed E-state index contributed by atoms with van der Waals surface area (Å²) in [6, 6.07) is 36.9. The first-order valence-electron chi connectivity index (χ1n) is 24.8. The van der Waals surface area contributed by atoms with Gasteiger partial charge in [0, 0.05) is 94.9 Å². The number of halogens is 1. The molecule has 2 aromatic heterocycles.